The summed E-state index contributed by atoms with van der Waals surface area (Å²) in [5, 5.41) is 3.03. The van der Waals surface area contributed by atoms with Crippen molar-refractivity contribution in [3.63, 3.8) is 0 Å². The Morgan fingerprint density at radius 1 is 1.05 bits per heavy atom. The summed E-state index contributed by atoms with van der Waals surface area (Å²) in [6.45, 7) is 4.67. The summed E-state index contributed by atoms with van der Waals surface area (Å²) in [7, 11) is 0. The third-order valence-electron chi connectivity index (χ3n) is 7.58. The molecular formula is C28H28F2N6O3. The molecular weight excluding hydrogens is 506 g/mol. The molecule has 2 aromatic carbocycles. The summed E-state index contributed by atoms with van der Waals surface area (Å²) < 4.78 is 27.7. The number of H-pyrrole nitrogens is 2. The van der Waals surface area contributed by atoms with Crippen LogP contribution in [0.5, 0.6) is 0 Å². The van der Waals surface area contributed by atoms with Crippen LogP contribution in [0.4, 0.5) is 8.78 Å². The second-order valence-corrected chi connectivity index (χ2v) is 10.8. The molecule has 2 fully saturated rings. The molecule has 2 aromatic heterocycles. The van der Waals surface area contributed by atoms with Gasteiger partial charge in [0.1, 0.15) is 23.4 Å². The Kier molecular flexibility index (Phi) is 6.08. The summed E-state index contributed by atoms with van der Waals surface area (Å²) in [6.07, 6.45) is 1.07. The van der Waals surface area contributed by atoms with E-state index in [0.717, 1.165) is 23.2 Å². The van der Waals surface area contributed by atoms with Crippen molar-refractivity contribution >= 4 is 39.7 Å². The van der Waals surface area contributed by atoms with Gasteiger partial charge in [0.25, 0.3) is 11.8 Å². The molecule has 11 heteroatoms. The lowest BCUT2D eigenvalue weighted by molar-refractivity contribution is -0.135. The predicted octanol–water partition coefficient (Wildman–Crippen LogP) is 3.59. The molecule has 2 aliphatic rings. The van der Waals surface area contributed by atoms with E-state index in [1.54, 1.807) is 9.80 Å². The Balaban J connectivity index is 1.16. The first kappa shape index (κ1) is 25.0. The number of aromatic amines is 2. The number of fused-ring (bicyclic) bond motifs is 4. The number of hydrogen-bond donors (Lipinski definition) is 3. The van der Waals surface area contributed by atoms with E-state index in [4.69, 9.17) is 0 Å². The molecule has 3 atom stereocenters. The number of piperazine rings is 1. The topological polar surface area (TPSA) is 114 Å². The third kappa shape index (κ3) is 4.51. The van der Waals surface area contributed by atoms with Crippen molar-refractivity contribution < 1.29 is 23.2 Å². The highest BCUT2D eigenvalue weighted by Crippen LogP contribution is 2.33. The Morgan fingerprint density at radius 2 is 1.79 bits per heavy atom. The number of aromatic nitrogens is 3. The van der Waals surface area contributed by atoms with E-state index in [0.29, 0.717) is 25.9 Å². The van der Waals surface area contributed by atoms with E-state index in [2.05, 4.69) is 20.3 Å². The molecule has 9 nitrogen and oxygen atoms in total. The maximum Gasteiger partial charge on any atom is 0.290 e. The maximum absolute atomic E-state index is 14.1. The van der Waals surface area contributed by atoms with Gasteiger partial charge in [-0.2, -0.15) is 0 Å². The van der Waals surface area contributed by atoms with E-state index in [1.165, 1.54) is 6.07 Å². The predicted molar refractivity (Wildman–Crippen MR) is 140 cm³/mol. The smallest absolute Gasteiger partial charge is 0.290 e. The van der Waals surface area contributed by atoms with Crippen LogP contribution in [0, 0.1) is 17.6 Å². The van der Waals surface area contributed by atoms with Gasteiger partial charge in [-0.1, -0.05) is 26.0 Å². The normalized spacial score (nSPS) is 19.4. The summed E-state index contributed by atoms with van der Waals surface area (Å²) in [6, 6.07) is 9.60. The standard InChI is InChI=1S/C28H28F2N6O3/c1-14(2)7-23(34-26(37)22-9-15-8-16(29)10-19(30)24(15)31-22)27(38)35-12-18-11-17(35)13-36(18)28(39)25-32-20-5-3-4-6-21(20)33-25/h3-6,8-10,14,17-18,23,31H,7,11-13H2,1-2H3,(H,32,33)(H,34,37)/t17-,18-,23-/m0/s1. The van der Waals surface area contributed by atoms with Crippen LogP contribution >= 0.6 is 0 Å². The van der Waals surface area contributed by atoms with Gasteiger partial charge in [0.05, 0.1) is 28.6 Å². The molecule has 2 bridgehead atoms. The number of rotatable bonds is 6. The fraction of sp³-hybridized carbons (Fsp3) is 0.357. The molecule has 6 rings (SSSR count). The molecule has 0 spiro atoms. The summed E-state index contributed by atoms with van der Waals surface area (Å²) >= 11 is 0. The lowest BCUT2D eigenvalue weighted by atomic mass is 10.0. The van der Waals surface area contributed by atoms with Crippen LogP contribution in [0.3, 0.4) is 0 Å². The summed E-state index contributed by atoms with van der Waals surface area (Å²) in [4.78, 5) is 53.6. The fourth-order valence-corrected chi connectivity index (χ4v) is 5.79. The minimum atomic E-state index is -0.802. The van der Waals surface area contributed by atoms with Crippen molar-refractivity contribution in [2.75, 3.05) is 13.1 Å². The van der Waals surface area contributed by atoms with Crippen LogP contribution in [0.1, 0.15) is 47.8 Å². The highest BCUT2D eigenvalue weighted by atomic mass is 19.1. The van der Waals surface area contributed by atoms with Crippen LogP contribution < -0.4 is 5.32 Å². The molecule has 0 unspecified atom stereocenters. The van der Waals surface area contributed by atoms with Crippen LogP contribution in [-0.2, 0) is 4.79 Å². The Morgan fingerprint density at radius 3 is 2.51 bits per heavy atom. The third-order valence-corrected chi connectivity index (χ3v) is 7.58. The zero-order chi connectivity index (χ0) is 27.4. The molecule has 39 heavy (non-hydrogen) atoms. The van der Waals surface area contributed by atoms with Gasteiger partial charge in [-0.05, 0) is 43.0 Å². The van der Waals surface area contributed by atoms with Gasteiger partial charge in [0, 0.05) is 24.5 Å². The van der Waals surface area contributed by atoms with Gasteiger partial charge in [-0.15, -0.1) is 0 Å². The summed E-state index contributed by atoms with van der Waals surface area (Å²) in [5.74, 6) is -2.13. The van der Waals surface area contributed by atoms with Crippen molar-refractivity contribution in [1.29, 1.82) is 0 Å². The molecule has 4 heterocycles. The zero-order valence-electron chi connectivity index (χ0n) is 21.5. The number of nitrogens with one attached hydrogen (secondary N) is 3. The zero-order valence-corrected chi connectivity index (χ0v) is 21.5. The number of para-hydroxylation sites is 2. The number of nitrogens with zero attached hydrogens (tertiary/aromatic N) is 3. The molecule has 2 aliphatic heterocycles. The molecule has 0 radical (unpaired) electrons. The SMILES string of the molecule is CC(C)C[C@H](NC(=O)c1cc2cc(F)cc(F)c2[nH]1)C(=O)N1C[C@@H]2C[C@H]1CN2C(=O)c1nc2ccccc2[nH]1. The first-order valence-corrected chi connectivity index (χ1v) is 13.0. The van der Waals surface area contributed by atoms with Crippen LogP contribution in [0.2, 0.25) is 0 Å². The highest BCUT2D eigenvalue weighted by molar-refractivity contribution is 6.00. The minimum Gasteiger partial charge on any atom is -0.348 e. The number of imidazole rings is 1. The van der Waals surface area contributed by atoms with Crippen molar-refractivity contribution in [1.82, 2.24) is 30.1 Å². The van der Waals surface area contributed by atoms with Gasteiger partial charge in [0.15, 0.2) is 5.82 Å². The second kappa shape index (κ2) is 9.48. The molecule has 0 saturated carbocycles. The minimum absolute atomic E-state index is 0.0272. The first-order chi connectivity index (χ1) is 18.7. The Labute approximate surface area is 222 Å². The van der Waals surface area contributed by atoms with Gasteiger partial charge >= 0.3 is 0 Å². The van der Waals surface area contributed by atoms with E-state index in [-0.39, 0.29) is 52.2 Å². The van der Waals surface area contributed by atoms with Crippen molar-refractivity contribution in [3.8, 4) is 0 Å². The van der Waals surface area contributed by atoms with E-state index >= 15 is 0 Å². The lowest BCUT2D eigenvalue weighted by Gasteiger charge is -2.36. The van der Waals surface area contributed by atoms with Gasteiger partial charge in [-0.25, -0.2) is 13.8 Å². The van der Waals surface area contributed by atoms with E-state index < -0.39 is 23.6 Å². The first-order valence-electron chi connectivity index (χ1n) is 13.0. The highest BCUT2D eigenvalue weighted by Gasteiger charge is 2.49. The molecule has 0 aliphatic carbocycles. The molecule has 3 N–H and O–H groups in total. The largest absolute Gasteiger partial charge is 0.348 e. The van der Waals surface area contributed by atoms with Gasteiger partial charge in [0.2, 0.25) is 5.91 Å². The number of likely N-dealkylation sites (tertiary alicyclic amines) is 2. The Hall–Kier alpha value is -4.28. The fourth-order valence-electron chi connectivity index (χ4n) is 5.79. The van der Waals surface area contributed by atoms with Crippen LogP contribution in [0.15, 0.2) is 42.5 Å². The van der Waals surface area contributed by atoms with Gasteiger partial charge in [-0.3, -0.25) is 14.4 Å². The molecule has 3 amide bonds. The van der Waals surface area contributed by atoms with Crippen molar-refractivity contribution in [2.45, 2.75) is 44.8 Å². The number of benzene rings is 2. The number of hydrogen-bond acceptors (Lipinski definition) is 4. The van der Waals surface area contributed by atoms with Crippen LogP contribution in [0.25, 0.3) is 21.9 Å². The van der Waals surface area contributed by atoms with Crippen LogP contribution in [-0.4, -0.2) is 73.7 Å². The number of carbonyl (C=O) groups is 3. The van der Waals surface area contributed by atoms with E-state index in [1.807, 2.05) is 38.1 Å². The maximum atomic E-state index is 14.1. The average molecular weight is 535 g/mol. The monoisotopic (exact) mass is 534 g/mol. The summed E-state index contributed by atoms with van der Waals surface area (Å²) in [5.41, 5.74) is 1.58. The quantitative estimate of drug-likeness (QED) is 0.351. The molecule has 4 aromatic rings. The Bertz CT molecular complexity index is 1580. The lowest BCUT2D eigenvalue weighted by Crippen LogP contribution is -2.56. The number of carbonyl (C=O) groups excluding carboxylic acids is 3. The van der Waals surface area contributed by atoms with Gasteiger partial charge < -0.3 is 25.1 Å². The second-order valence-electron chi connectivity index (χ2n) is 10.8. The molecule has 2 saturated heterocycles. The number of amides is 3. The van der Waals surface area contributed by atoms with Crippen molar-refractivity contribution in [2.24, 2.45) is 5.92 Å². The average Bonchev–Trinajstić information content (AvgIpc) is 3.68. The van der Waals surface area contributed by atoms with E-state index in [9.17, 15) is 23.2 Å². The number of halogens is 2. The van der Waals surface area contributed by atoms with Crippen molar-refractivity contribution in [3.05, 3.63) is 65.6 Å². The molecule has 202 valence electrons.